The first-order valence-corrected chi connectivity index (χ1v) is 6.93. The second-order valence-electron chi connectivity index (χ2n) is 4.40. The molecule has 2 aromatic carbocycles. The predicted octanol–water partition coefficient (Wildman–Crippen LogP) is 4.41. The highest BCUT2D eigenvalue weighted by Crippen LogP contribution is 2.31. The average molecular weight is 335 g/mol. The van der Waals surface area contributed by atoms with E-state index in [9.17, 15) is 9.90 Å². The summed E-state index contributed by atoms with van der Waals surface area (Å²) in [6.07, 6.45) is 0. The fourth-order valence-corrected chi connectivity index (χ4v) is 2.34. The first kappa shape index (κ1) is 14.6. The van der Waals surface area contributed by atoms with Gasteiger partial charge in [0.1, 0.15) is 0 Å². The summed E-state index contributed by atoms with van der Waals surface area (Å²) in [6, 6.07) is 11.3. The van der Waals surface area contributed by atoms with E-state index in [0.29, 0.717) is 21.2 Å². The number of aromatic nitrogens is 2. The molecule has 3 aromatic rings. The smallest absolute Gasteiger partial charge is 0.336 e. The molecule has 0 aliphatic carbocycles. The minimum absolute atomic E-state index is 0.0786. The van der Waals surface area contributed by atoms with Crippen LogP contribution in [0.5, 0.6) is 0 Å². The number of carboxylic acid groups (broad SMARTS) is 1. The number of nitrogens with zero attached hydrogens (tertiary/aromatic N) is 2. The van der Waals surface area contributed by atoms with E-state index in [2.05, 4.69) is 10.1 Å². The zero-order valence-corrected chi connectivity index (χ0v) is 12.5. The van der Waals surface area contributed by atoms with E-state index in [1.54, 1.807) is 36.4 Å². The van der Waals surface area contributed by atoms with E-state index in [1.807, 2.05) is 0 Å². The number of carboxylic acids is 1. The summed E-state index contributed by atoms with van der Waals surface area (Å²) >= 11 is 12.0. The molecule has 5 nitrogen and oxygen atoms in total. The monoisotopic (exact) mass is 334 g/mol. The maximum atomic E-state index is 11.2. The van der Waals surface area contributed by atoms with Crippen LogP contribution in [0.3, 0.4) is 0 Å². The molecule has 3 rings (SSSR count). The number of hydrogen-bond acceptors (Lipinski definition) is 4. The van der Waals surface area contributed by atoms with Crippen molar-refractivity contribution in [3.05, 3.63) is 58.1 Å². The van der Waals surface area contributed by atoms with Crippen LogP contribution >= 0.6 is 23.2 Å². The molecule has 22 heavy (non-hydrogen) atoms. The van der Waals surface area contributed by atoms with Crippen LogP contribution < -0.4 is 0 Å². The van der Waals surface area contributed by atoms with Crippen LogP contribution in [0.4, 0.5) is 0 Å². The normalized spacial score (nSPS) is 10.6. The highest BCUT2D eigenvalue weighted by molar-refractivity contribution is 6.35. The molecule has 0 spiro atoms. The van der Waals surface area contributed by atoms with Crippen molar-refractivity contribution < 1.29 is 14.4 Å². The number of aromatic carboxylic acids is 1. The summed E-state index contributed by atoms with van der Waals surface area (Å²) in [5.41, 5.74) is 0.929. The molecule has 7 heteroatoms. The molecule has 0 aliphatic rings. The van der Waals surface area contributed by atoms with E-state index < -0.39 is 5.97 Å². The largest absolute Gasteiger partial charge is 0.478 e. The van der Waals surface area contributed by atoms with E-state index in [1.165, 1.54) is 6.07 Å². The van der Waals surface area contributed by atoms with Crippen molar-refractivity contribution in [2.75, 3.05) is 0 Å². The molecule has 0 saturated heterocycles. The molecule has 0 saturated carbocycles. The summed E-state index contributed by atoms with van der Waals surface area (Å²) in [6.45, 7) is 0. The number of carbonyl (C=O) groups is 1. The minimum Gasteiger partial charge on any atom is -0.478 e. The molecule has 0 bridgehead atoms. The van der Waals surface area contributed by atoms with Gasteiger partial charge in [-0.15, -0.1) is 0 Å². The van der Waals surface area contributed by atoms with E-state index in [-0.39, 0.29) is 17.3 Å². The summed E-state index contributed by atoms with van der Waals surface area (Å²) < 4.78 is 5.16. The van der Waals surface area contributed by atoms with Gasteiger partial charge in [-0.2, -0.15) is 4.98 Å². The van der Waals surface area contributed by atoms with Crippen LogP contribution in [-0.4, -0.2) is 21.2 Å². The second kappa shape index (κ2) is 5.79. The molecular formula is C15H8Cl2N2O3. The quantitative estimate of drug-likeness (QED) is 0.767. The Bertz CT molecular complexity index is 861. The molecule has 110 valence electrons. The van der Waals surface area contributed by atoms with Gasteiger partial charge in [-0.3, -0.25) is 0 Å². The third-order valence-corrected chi connectivity index (χ3v) is 3.55. The minimum atomic E-state index is -1.07. The van der Waals surface area contributed by atoms with Gasteiger partial charge in [0.2, 0.25) is 5.82 Å². The summed E-state index contributed by atoms with van der Waals surface area (Å²) in [5, 5.41) is 13.9. The van der Waals surface area contributed by atoms with Crippen molar-refractivity contribution >= 4 is 29.2 Å². The predicted molar refractivity (Wildman–Crippen MR) is 82.1 cm³/mol. The van der Waals surface area contributed by atoms with Crippen molar-refractivity contribution in [1.82, 2.24) is 10.1 Å². The van der Waals surface area contributed by atoms with Gasteiger partial charge in [0.15, 0.2) is 0 Å². The van der Waals surface area contributed by atoms with Gasteiger partial charge in [-0.05, 0) is 30.3 Å². The topological polar surface area (TPSA) is 76.2 Å². The standard InChI is InChI=1S/C15H8Cl2N2O3/c16-8-5-6-12(17)11(7-8)13-18-14(22-19-13)9-3-1-2-4-10(9)15(20)21/h1-7H,(H,20,21). The molecule has 1 heterocycles. The number of hydrogen-bond donors (Lipinski definition) is 1. The lowest BCUT2D eigenvalue weighted by Gasteiger charge is -2.00. The Morgan fingerprint density at radius 2 is 1.86 bits per heavy atom. The molecule has 0 radical (unpaired) electrons. The SMILES string of the molecule is O=C(O)c1ccccc1-c1nc(-c2cc(Cl)ccc2Cl)no1. The van der Waals surface area contributed by atoms with Gasteiger partial charge in [0, 0.05) is 10.6 Å². The number of rotatable bonds is 3. The summed E-state index contributed by atoms with van der Waals surface area (Å²) in [4.78, 5) is 15.5. The van der Waals surface area contributed by atoms with Crippen molar-refractivity contribution in [1.29, 1.82) is 0 Å². The number of halogens is 2. The van der Waals surface area contributed by atoms with Crippen LogP contribution in [0, 0.1) is 0 Å². The van der Waals surface area contributed by atoms with Gasteiger partial charge in [-0.25, -0.2) is 4.79 Å². The fraction of sp³-hybridized carbons (Fsp3) is 0. The number of benzene rings is 2. The van der Waals surface area contributed by atoms with Crippen molar-refractivity contribution in [3.8, 4) is 22.8 Å². The van der Waals surface area contributed by atoms with Crippen molar-refractivity contribution in [2.45, 2.75) is 0 Å². The Kier molecular flexibility index (Phi) is 3.83. The lowest BCUT2D eigenvalue weighted by molar-refractivity contribution is 0.0697. The lowest BCUT2D eigenvalue weighted by Crippen LogP contribution is -1.99. The Balaban J connectivity index is 2.09. The maximum absolute atomic E-state index is 11.2. The molecule has 0 fully saturated rings. The summed E-state index contributed by atoms with van der Waals surface area (Å²) in [5.74, 6) is -0.733. The Labute approximate surface area is 135 Å². The van der Waals surface area contributed by atoms with E-state index in [4.69, 9.17) is 27.7 Å². The Hall–Kier alpha value is -2.37. The molecule has 0 amide bonds. The fourth-order valence-electron chi connectivity index (χ4n) is 1.97. The zero-order chi connectivity index (χ0) is 15.7. The van der Waals surface area contributed by atoms with Crippen LogP contribution in [-0.2, 0) is 0 Å². The van der Waals surface area contributed by atoms with Crippen molar-refractivity contribution in [2.24, 2.45) is 0 Å². The zero-order valence-electron chi connectivity index (χ0n) is 11.0. The molecule has 0 unspecified atom stereocenters. The molecule has 1 aromatic heterocycles. The van der Waals surface area contributed by atoms with E-state index in [0.717, 1.165) is 0 Å². The van der Waals surface area contributed by atoms with Crippen LogP contribution in [0.2, 0.25) is 10.0 Å². The first-order chi connectivity index (χ1) is 10.6. The highest BCUT2D eigenvalue weighted by atomic mass is 35.5. The van der Waals surface area contributed by atoms with Gasteiger partial charge >= 0.3 is 5.97 Å². The molecule has 0 atom stereocenters. The van der Waals surface area contributed by atoms with Gasteiger partial charge in [0.05, 0.1) is 16.1 Å². The highest BCUT2D eigenvalue weighted by Gasteiger charge is 2.18. The van der Waals surface area contributed by atoms with Crippen LogP contribution in [0.1, 0.15) is 10.4 Å². The molecule has 0 aliphatic heterocycles. The van der Waals surface area contributed by atoms with Gasteiger partial charge < -0.3 is 9.63 Å². The van der Waals surface area contributed by atoms with Crippen LogP contribution in [0.25, 0.3) is 22.8 Å². The molecule has 1 N–H and O–H groups in total. The third kappa shape index (κ3) is 2.68. The van der Waals surface area contributed by atoms with E-state index >= 15 is 0 Å². The first-order valence-electron chi connectivity index (χ1n) is 6.18. The van der Waals surface area contributed by atoms with Crippen LogP contribution in [0.15, 0.2) is 47.0 Å². The second-order valence-corrected chi connectivity index (χ2v) is 5.24. The maximum Gasteiger partial charge on any atom is 0.336 e. The van der Waals surface area contributed by atoms with Crippen molar-refractivity contribution in [3.63, 3.8) is 0 Å². The lowest BCUT2D eigenvalue weighted by atomic mass is 10.1. The molecular weight excluding hydrogens is 327 g/mol. The summed E-state index contributed by atoms with van der Waals surface area (Å²) in [7, 11) is 0. The van der Waals surface area contributed by atoms with Gasteiger partial charge in [0.25, 0.3) is 5.89 Å². The third-order valence-electron chi connectivity index (χ3n) is 2.98. The Morgan fingerprint density at radius 1 is 1.09 bits per heavy atom. The Morgan fingerprint density at radius 3 is 2.64 bits per heavy atom. The van der Waals surface area contributed by atoms with Gasteiger partial charge in [-0.1, -0.05) is 40.5 Å². The average Bonchev–Trinajstić information content (AvgIpc) is 2.99.